The third-order valence-electron chi connectivity index (χ3n) is 6.06. The van der Waals surface area contributed by atoms with Crippen LogP contribution in [-0.2, 0) is 13.6 Å². The number of aryl methyl sites for hydroxylation is 2. The number of rotatable bonds is 4. The molecule has 1 atom stereocenters. The van der Waals surface area contributed by atoms with Gasteiger partial charge in [0.2, 0.25) is 0 Å². The van der Waals surface area contributed by atoms with E-state index in [4.69, 9.17) is 10.5 Å². The van der Waals surface area contributed by atoms with Crippen LogP contribution < -0.4 is 0 Å². The van der Waals surface area contributed by atoms with Crippen LogP contribution >= 0.6 is 0 Å². The lowest BCUT2D eigenvalue weighted by atomic mass is 10.1. The van der Waals surface area contributed by atoms with E-state index in [1.54, 1.807) is 4.90 Å². The van der Waals surface area contributed by atoms with Crippen molar-refractivity contribution in [2.45, 2.75) is 19.5 Å². The molecule has 5 rings (SSSR count). The molecule has 0 saturated heterocycles. The summed E-state index contributed by atoms with van der Waals surface area (Å²) in [6, 6.07) is 15.8. The summed E-state index contributed by atoms with van der Waals surface area (Å²) in [6.45, 7) is 3.84. The number of carbonyl (C=O) groups excluding carboxylic acids is 1. The summed E-state index contributed by atoms with van der Waals surface area (Å²) in [7, 11) is 2.00. The van der Waals surface area contributed by atoms with E-state index in [0.717, 1.165) is 29.1 Å². The Kier molecular flexibility index (Phi) is 4.92. The van der Waals surface area contributed by atoms with Crippen molar-refractivity contribution in [3.8, 4) is 11.5 Å². The third kappa shape index (κ3) is 3.21. The van der Waals surface area contributed by atoms with Crippen LogP contribution in [-0.4, -0.2) is 44.1 Å². The Labute approximate surface area is 185 Å². The van der Waals surface area contributed by atoms with Gasteiger partial charge in [-0.25, -0.2) is 4.98 Å². The van der Waals surface area contributed by atoms with Crippen LogP contribution in [0.4, 0.5) is 0 Å². The highest BCUT2D eigenvalue weighted by Crippen LogP contribution is 2.30. The average molecular weight is 425 g/mol. The van der Waals surface area contributed by atoms with Crippen molar-refractivity contribution in [3.05, 3.63) is 76.7 Å². The van der Waals surface area contributed by atoms with Gasteiger partial charge in [-0.3, -0.25) is 4.79 Å². The zero-order valence-electron chi connectivity index (χ0n) is 18.0. The summed E-state index contributed by atoms with van der Waals surface area (Å²) < 4.78 is 4.34. The molecule has 8 heteroatoms. The van der Waals surface area contributed by atoms with Crippen molar-refractivity contribution >= 4 is 27.8 Å². The molecule has 3 heterocycles. The van der Waals surface area contributed by atoms with E-state index >= 15 is 0 Å². The normalized spacial score (nSPS) is 15.9. The molecule has 1 amide bonds. The predicted molar refractivity (Wildman–Crippen MR) is 125 cm³/mol. The van der Waals surface area contributed by atoms with Crippen molar-refractivity contribution in [1.82, 2.24) is 19.0 Å². The van der Waals surface area contributed by atoms with Gasteiger partial charge in [-0.2, -0.15) is 0 Å². The van der Waals surface area contributed by atoms with Gasteiger partial charge in [0, 0.05) is 48.1 Å². The highest BCUT2D eigenvalue weighted by molar-refractivity contribution is 5.98. The molecule has 0 N–H and O–H groups in total. The van der Waals surface area contributed by atoms with Gasteiger partial charge >= 0.3 is 0 Å². The molecular formula is C24H23N7O. The second kappa shape index (κ2) is 7.90. The highest BCUT2D eigenvalue weighted by Gasteiger charge is 2.22. The number of imidazole rings is 1. The van der Waals surface area contributed by atoms with Crippen molar-refractivity contribution in [2.24, 2.45) is 12.2 Å². The van der Waals surface area contributed by atoms with Crippen LogP contribution in [0.3, 0.4) is 0 Å². The SMILES string of the molecule is CCn1c(-c2nc3cc(C(=O)N4CC=CC(N=[N+]=[N-])C4)ccc3n2C)cc2ccccc21. The molecule has 0 fully saturated rings. The van der Waals surface area contributed by atoms with Gasteiger partial charge < -0.3 is 14.0 Å². The predicted octanol–water partition coefficient (Wildman–Crippen LogP) is 4.91. The van der Waals surface area contributed by atoms with Crippen molar-refractivity contribution < 1.29 is 4.79 Å². The molecular weight excluding hydrogens is 402 g/mol. The number of nitrogens with zero attached hydrogens (tertiary/aromatic N) is 7. The first-order valence-electron chi connectivity index (χ1n) is 10.7. The smallest absolute Gasteiger partial charge is 0.254 e. The minimum atomic E-state index is -0.334. The fraction of sp³-hybridized carbons (Fsp3) is 0.250. The summed E-state index contributed by atoms with van der Waals surface area (Å²) in [4.78, 5) is 22.6. The van der Waals surface area contributed by atoms with Crippen molar-refractivity contribution in [2.75, 3.05) is 13.1 Å². The molecule has 0 spiro atoms. The van der Waals surface area contributed by atoms with E-state index in [0.29, 0.717) is 18.7 Å². The van der Waals surface area contributed by atoms with E-state index in [2.05, 4.69) is 44.3 Å². The number of aromatic nitrogens is 3. The molecule has 1 aliphatic rings. The zero-order chi connectivity index (χ0) is 22.2. The number of amides is 1. The molecule has 160 valence electrons. The first-order chi connectivity index (χ1) is 15.6. The second-order valence-corrected chi connectivity index (χ2v) is 7.94. The van der Waals surface area contributed by atoms with Gasteiger partial charge in [0.1, 0.15) is 0 Å². The van der Waals surface area contributed by atoms with E-state index < -0.39 is 0 Å². The fourth-order valence-corrected chi connectivity index (χ4v) is 4.49. The van der Waals surface area contributed by atoms with Crippen LogP contribution in [0.25, 0.3) is 43.9 Å². The van der Waals surface area contributed by atoms with Gasteiger partial charge in [0.15, 0.2) is 5.82 Å². The van der Waals surface area contributed by atoms with E-state index in [1.807, 2.05) is 49.5 Å². The van der Waals surface area contributed by atoms with E-state index in [-0.39, 0.29) is 11.9 Å². The third-order valence-corrected chi connectivity index (χ3v) is 6.06. The van der Waals surface area contributed by atoms with E-state index in [1.165, 1.54) is 10.9 Å². The van der Waals surface area contributed by atoms with Crippen LogP contribution in [0.5, 0.6) is 0 Å². The molecule has 8 nitrogen and oxygen atoms in total. The Bertz CT molecular complexity index is 1420. The molecule has 0 bridgehead atoms. The van der Waals surface area contributed by atoms with Gasteiger partial charge in [-0.1, -0.05) is 35.5 Å². The number of fused-ring (bicyclic) bond motifs is 2. The lowest BCUT2D eigenvalue weighted by Gasteiger charge is -2.26. The lowest BCUT2D eigenvalue weighted by Crippen LogP contribution is -2.39. The van der Waals surface area contributed by atoms with Crippen molar-refractivity contribution in [3.63, 3.8) is 0 Å². The van der Waals surface area contributed by atoms with Crippen LogP contribution in [0.1, 0.15) is 17.3 Å². The largest absolute Gasteiger partial charge is 0.338 e. The first kappa shape index (κ1) is 19.9. The molecule has 0 aliphatic carbocycles. The maximum absolute atomic E-state index is 13.1. The topological polar surface area (TPSA) is 91.8 Å². The summed E-state index contributed by atoms with van der Waals surface area (Å²) in [6.07, 6.45) is 3.70. The number of hydrogen-bond donors (Lipinski definition) is 0. The molecule has 1 aliphatic heterocycles. The van der Waals surface area contributed by atoms with Gasteiger partial charge in [0.25, 0.3) is 5.91 Å². The summed E-state index contributed by atoms with van der Waals surface area (Å²) in [5.41, 5.74) is 13.3. The van der Waals surface area contributed by atoms with Crippen LogP contribution in [0.2, 0.25) is 0 Å². The minimum absolute atomic E-state index is 0.0933. The quantitative estimate of drug-likeness (QED) is 0.201. The van der Waals surface area contributed by atoms with Crippen molar-refractivity contribution in [1.29, 1.82) is 0 Å². The Morgan fingerprint density at radius 3 is 2.88 bits per heavy atom. The standard InChI is InChI=1S/C24H23N7O/c1-3-31-20-9-5-4-7-16(20)14-22(31)23-26-19-13-17(10-11-21(19)29(23)2)24(32)30-12-6-8-18(15-30)27-28-25/h4-11,13-14,18H,3,12,15H2,1-2H3. The highest BCUT2D eigenvalue weighted by atomic mass is 16.2. The molecule has 32 heavy (non-hydrogen) atoms. The zero-order valence-corrected chi connectivity index (χ0v) is 18.0. The average Bonchev–Trinajstić information content (AvgIpc) is 3.35. The molecule has 0 saturated carbocycles. The number of benzene rings is 2. The van der Waals surface area contributed by atoms with Gasteiger partial charge in [-0.15, -0.1) is 0 Å². The number of para-hydroxylation sites is 1. The summed E-state index contributed by atoms with van der Waals surface area (Å²) in [5, 5.41) is 4.91. The minimum Gasteiger partial charge on any atom is -0.338 e. The summed E-state index contributed by atoms with van der Waals surface area (Å²) in [5.74, 6) is 0.774. The molecule has 4 aromatic rings. The fourth-order valence-electron chi connectivity index (χ4n) is 4.49. The van der Waals surface area contributed by atoms with Gasteiger partial charge in [-0.05, 0) is 42.8 Å². The first-order valence-corrected chi connectivity index (χ1v) is 10.7. The Balaban J connectivity index is 1.54. The van der Waals surface area contributed by atoms with Crippen LogP contribution in [0, 0.1) is 0 Å². The Morgan fingerprint density at radius 1 is 1.22 bits per heavy atom. The number of hydrogen-bond acceptors (Lipinski definition) is 3. The molecule has 2 aromatic carbocycles. The van der Waals surface area contributed by atoms with Gasteiger partial charge in [0.05, 0.1) is 22.8 Å². The van der Waals surface area contributed by atoms with Crippen LogP contribution in [0.15, 0.2) is 65.8 Å². The number of azide groups is 1. The lowest BCUT2D eigenvalue weighted by molar-refractivity contribution is 0.0764. The maximum Gasteiger partial charge on any atom is 0.254 e. The maximum atomic E-state index is 13.1. The Hall–Kier alpha value is -4.03. The summed E-state index contributed by atoms with van der Waals surface area (Å²) >= 11 is 0. The molecule has 1 unspecified atom stereocenters. The van der Waals surface area contributed by atoms with E-state index in [9.17, 15) is 4.79 Å². The second-order valence-electron chi connectivity index (χ2n) is 7.94. The number of carbonyl (C=O) groups is 1. The monoisotopic (exact) mass is 425 g/mol. The Morgan fingerprint density at radius 2 is 2.06 bits per heavy atom. The molecule has 2 aromatic heterocycles. The molecule has 0 radical (unpaired) electrons.